The summed E-state index contributed by atoms with van der Waals surface area (Å²) in [6.45, 7) is 0. The molecule has 1 heterocycles. The molecule has 1 aromatic carbocycles. The van der Waals surface area contributed by atoms with Gasteiger partial charge in [0.1, 0.15) is 0 Å². The van der Waals surface area contributed by atoms with Gasteiger partial charge >= 0.3 is 0 Å². The third-order valence-electron chi connectivity index (χ3n) is 3.91. The smallest absolute Gasteiger partial charge is 0.261 e. The van der Waals surface area contributed by atoms with Crippen LogP contribution in [0.25, 0.3) is 11.5 Å². The van der Waals surface area contributed by atoms with Crippen LogP contribution in [0.2, 0.25) is 0 Å². The quantitative estimate of drug-likeness (QED) is 0.646. The van der Waals surface area contributed by atoms with Crippen molar-refractivity contribution in [2.24, 2.45) is 0 Å². The Balaban J connectivity index is 1.87. The molecule has 0 atom stereocenters. The Morgan fingerprint density at radius 2 is 1.80 bits per heavy atom. The number of hydrogen-bond donors (Lipinski definition) is 2. The van der Waals surface area contributed by atoms with Gasteiger partial charge in [0.05, 0.1) is 5.56 Å². The minimum atomic E-state index is -0.219. The van der Waals surface area contributed by atoms with Gasteiger partial charge in [-0.3, -0.25) is 0 Å². The number of aromatic nitrogens is 2. The van der Waals surface area contributed by atoms with Gasteiger partial charge in [-0.25, -0.2) is 0 Å². The summed E-state index contributed by atoms with van der Waals surface area (Å²) in [4.78, 5) is 4.40. The molecule has 0 radical (unpaired) electrons. The molecule has 0 saturated heterocycles. The van der Waals surface area contributed by atoms with Crippen LogP contribution in [0, 0.1) is 0 Å². The first kappa shape index (κ1) is 13.0. The third-order valence-corrected chi connectivity index (χ3v) is 3.91. The predicted octanol–water partition coefficient (Wildman–Crippen LogP) is 3.59. The highest BCUT2D eigenvalue weighted by atomic mass is 16.5. The number of phenolic OH excluding ortho intramolecular Hbond substituents is 2. The topological polar surface area (TPSA) is 79.4 Å². The van der Waals surface area contributed by atoms with Crippen LogP contribution in [0.4, 0.5) is 0 Å². The first-order valence-corrected chi connectivity index (χ1v) is 7.10. The van der Waals surface area contributed by atoms with Crippen molar-refractivity contribution in [1.29, 1.82) is 0 Å². The minimum absolute atomic E-state index is 0.184. The van der Waals surface area contributed by atoms with Crippen LogP contribution < -0.4 is 0 Å². The second-order valence-electron chi connectivity index (χ2n) is 5.32. The van der Waals surface area contributed by atoms with Gasteiger partial charge < -0.3 is 14.7 Å². The van der Waals surface area contributed by atoms with Gasteiger partial charge in [-0.1, -0.05) is 36.9 Å². The summed E-state index contributed by atoms with van der Waals surface area (Å²) in [6.07, 6.45) is 7.12. The highest BCUT2D eigenvalue weighted by Crippen LogP contribution is 2.36. The molecule has 2 aromatic rings. The Kier molecular flexibility index (Phi) is 3.58. The normalized spacial score (nSPS) is 17.0. The van der Waals surface area contributed by atoms with Gasteiger partial charge in [-0.2, -0.15) is 4.98 Å². The summed E-state index contributed by atoms with van der Waals surface area (Å²) >= 11 is 0. The van der Waals surface area contributed by atoms with Crippen LogP contribution >= 0.6 is 0 Å². The SMILES string of the molecule is Oc1cccc(-c2nc(C3CCCCCC3)no2)c1O. The molecule has 1 aliphatic rings. The molecule has 0 bridgehead atoms. The number of para-hydroxylation sites is 1. The summed E-state index contributed by atoms with van der Waals surface area (Å²) in [5.41, 5.74) is 0.373. The van der Waals surface area contributed by atoms with E-state index in [2.05, 4.69) is 10.1 Å². The Hall–Kier alpha value is -2.04. The summed E-state index contributed by atoms with van der Waals surface area (Å²) in [6, 6.07) is 4.71. The first-order chi connectivity index (χ1) is 9.75. The molecule has 0 unspecified atom stereocenters. The van der Waals surface area contributed by atoms with Crippen molar-refractivity contribution in [2.45, 2.75) is 44.4 Å². The molecule has 2 N–H and O–H groups in total. The molecule has 0 amide bonds. The number of benzene rings is 1. The van der Waals surface area contributed by atoms with E-state index in [1.54, 1.807) is 12.1 Å². The Morgan fingerprint density at radius 1 is 1.05 bits per heavy atom. The van der Waals surface area contributed by atoms with E-state index in [9.17, 15) is 10.2 Å². The van der Waals surface area contributed by atoms with Crippen LogP contribution in [-0.4, -0.2) is 20.4 Å². The molecule has 1 aromatic heterocycles. The number of nitrogens with zero attached hydrogens (tertiary/aromatic N) is 2. The standard InChI is InChI=1S/C15H18N2O3/c18-12-9-5-8-11(13(12)19)15-16-14(17-20-15)10-6-3-1-2-4-7-10/h5,8-10,18-19H,1-4,6-7H2. The lowest BCUT2D eigenvalue weighted by Crippen LogP contribution is -1.99. The van der Waals surface area contributed by atoms with Crippen molar-refractivity contribution in [3.63, 3.8) is 0 Å². The van der Waals surface area contributed by atoms with E-state index in [1.807, 2.05) is 0 Å². The summed E-state index contributed by atoms with van der Waals surface area (Å²) in [5, 5.41) is 23.4. The van der Waals surface area contributed by atoms with Crippen LogP contribution in [0.1, 0.15) is 50.3 Å². The maximum absolute atomic E-state index is 9.84. The second-order valence-corrected chi connectivity index (χ2v) is 5.32. The fourth-order valence-corrected chi connectivity index (χ4v) is 2.75. The largest absolute Gasteiger partial charge is 0.504 e. The van der Waals surface area contributed by atoms with Crippen molar-refractivity contribution >= 4 is 0 Å². The van der Waals surface area contributed by atoms with Gasteiger partial charge in [0.25, 0.3) is 5.89 Å². The monoisotopic (exact) mass is 274 g/mol. The van der Waals surface area contributed by atoms with Gasteiger partial charge in [0.15, 0.2) is 17.3 Å². The molecule has 3 rings (SSSR count). The number of hydrogen-bond acceptors (Lipinski definition) is 5. The average molecular weight is 274 g/mol. The van der Waals surface area contributed by atoms with E-state index in [0.717, 1.165) is 12.8 Å². The number of aromatic hydroxyl groups is 2. The van der Waals surface area contributed by atoms with E-state index in [-0.39, 0.29) is 17.4 Å². The van der Waals surface area contributed by atoms with Gasteiger partial charge in [0, 0.05) is 5.92 Å². The van der Waals surface area contributed by atoms with Crippen LogP contribution in [0.15, 0.2) is 22.7 Å². The molecule has 5 heteroatoms. The predicted molar refractivity (Wildman–Crippen MR) is 73.5 cm³/mol. The molecule has 5 nitrogen and oxygen atoms in total. The second kappa shape index (κ2) is 5.53. The maximum atomic E-state index is 9.84. The fourth-order valence-electron chi connectivity index (χ4n) is 2.75. The van der Waals surface area contributed by atoms with Crippen molar-refractivity contribution in [2.75, 3.05) is 0 Å². The Bertz CT molecular complexity index is 587. The van der Waals surface area contributed by atoms with Crippen molar-refractivity contribution in [3.8, 4) is 23.0 Å². The molecule has 20 heavy (non-hydrogen) atoms. The highest BCUT2D eigenvalue weighted by molar-refractivity contribution is 5.66. The molecular formula is C15H18N2O3. The molecule has 106 valence electrons. The average Bonchev–Trinajstić information content (AvgIpc) is 2.77. The Morgan fingerprint density at radius 3 is 2.55 bits per heavy atom. The van der Waals surface area contributed by atoms with Gasteiger partial charge in [-0.15, -0.1) is 0 Å². The maximum Gasteiger partial charge on any atom is 0.261 e. The Labute approximate surface area is 117 Å². The minimum Gasteiger partial charge on any atom is -0.504 e. The van der Waals surface area contributed by atoms with E-state index >= 15 is 0 Å². The molecule has 1 aliphatic carbocycles. The molecule has 1 fully saturated rings. The van der Waals surface area contributed by atoms with E-state index < -0.39 is 0 Å². The lowest BCUT2D eigenvalue weighted by Gasteiger charge is -2.07. The van der Waals surface area contributed by atoms with Crippen molar-refractivity contribution in [1.82, 2.24) is 10.1 Å². The molecule has 1 saturated carbocycles. The van der Waals surface area contributed by atoms with Crippen LogP contribution in [0.5, 0.6) is 11.5 Å². The highest BCUT2D eigenvalue weighted by Gasteiger charge is 2.22. The van der Waals surface area contributed by atoms with Crippen LogP contribution in [0.3, 0.4) is 0 Å². The molecular weight excluding hydrogens is 256 g/mol. The first-order valence-electron chi connectivity index (χ1n) is 7.10. The number of rotatable bonds is 2. The zero-order valence-electron chi connectivity index (χ0n) is 11.2. The summed E-state index contributed by atoms with van der Waals surface area (Å²) in [5.74, 6) is 0.914. The zero-order valence-corrected chi connectivity index (χ0v) is 11.2. The fraction of sp³-hybridized carbons (Fsp3) is 0.467. The van der Waals surface area contributed by atoms with Crippen molar-refractivity contribution in [3.05, 3.63) is 24.0 Å². The molecule has 0 aliphatic heterocycles. The van der Waals surface area contributed by atoms with Gasteiger partial charge in [0.2, 0.25) is 0 Å². The lowest BCUT2D eigenvalue weighted by molar-refractivity contribution is 0.393. The number of phenols is 2. The summed E-state index contributed by atoms with van der Waals surface area (Å²) in [7, 11) is 0. The van der Waals surface area contributed by atoms with Crippen molar-refractivity contribution < 1.29 is 14.7 Å². The summed E-state index contributed by atoms with van der Waals surface area (Å²) < 4.78 is 5.25. The van der Waals surface area contributed by atoms with E-state index in [4.69, 9.17) is 4.52 Å². The van der Waals surface area contributed by atoms with Crippen LogP contribution in [-0.2, 0) is 0 Å². The van der Waals surface area contributed by atoms with E-state index in [0.29, 0.717) is 17.3 Å². The van der Waals surface area contributed by atoms with Gasteiger partial charge in [-0.05, 0) is 25.0 Å². The third kappa shape index (κ3) is 2.48. The molecule has 0 spiro atoms. The lowest BCUT2D eigenvalue weighted by atomic mass is 10.00. The van der Waals surface area contributed by atoms with E-state index in [1.165, 1.54) is 31.7 Å². The zero-order chi connectivity index (χ0) is 13.9.